The van der Waals surface area contributed by atoms with E-state index < -0.39 is 5.97 Å². The summed E-state index contributed by atoms with van der Waals surface area (Å²) in [5.41, 5.74) is 1.53. The van der Waals surface area contributed by atoms with Crippen molar-refractivity contribution in [1.82, 2.24) is 4.90 Å². The molecule has 196 valence electrons. The van der Waals surface area contributed by atoms with E-state index >= 15 is 0 Å². The highest BCUT2D eigenvalue weighted by Crippen LogP contribution is 2.45. The van der Waals surface area contributed by atoms with Crippen LogP contribution in [0.15, 0.2) is 60.7 Å². The number of ketones is 1. The predicted molar refractivity (Wildman–Crippen MR) is 148 cm³/mol. The Kier molecular flexibility index (Phi) is 7.62. The summed E-state index contributed by atoms with van der Waals surface area (Å²) in [6, 6.07) is 16.6. The largest absolute Gasteiger partial charge is 0.508 e. The number of piperidine rings is 1. The number of nitrogens with zero attached hydrogens (tertiary/aromatic N) is 1. The number of hydrogen-bond donors (Lipinski definition) is 2. The Morgan fingerprint density at radius 2 is 1.61 bits per heavy atom. The number of carbonyl (C=O) groups excluding carboxylic acids is 2. The van der Waals surface area contributed by atoms with Gasteiger partial charge in [0.05, 0.1) is 5.56 Å². The van der Waals surface area contributed by atoms with Crippen molar-refractivity contribution >= 4 is 33.2 Å². The molecule has 8 heteroatoms. The number of aromatic hydroxyl groups is 2. The second-order valence-electron chi connectivity index (χ2n) is 9.37. The fourth-order valence-electron chi connectivity index (χ4n) is 4.78. The van der Waals surface area contributed by atoms with Crippen LogP contribution in [0.1, 0.15) is 42.1 Å². The Labute approximate surface area is 224 Å². The first-order valence-corrected chi connectivity index (χ1v) is 13.5. The van der Waals surface area contributed by atoms with E-state index in [-0.39, 0.29) is 17.3 Å². The van der Waals surface area contributed by atoms with Gasteiger partial charge in [0.2, 0.25) is 0 Å². The average Bonchev–Trinajstić information content (AvgIpc) is 3.29. The van der Waals surface area contributed by atoms with Gasteiger partial charge in [-0.15, -0.1) is 11.3 Å². The second kappa shape index (κ2) is 11.2. The van der Waals surface area contributed by atoms with E-state index in [2.05, 4.69) is 4.90 Å². The molecule has 5 rings (SSSR count). The van der Waals surface area contributed by atoms with E-state index in [1.54, 1.807) is 48.5 Å². The molecule has 0 aliphatic carbocycles. The van der Waals surface area contributed by atoms with E-state index in [9.17, 15) is 19.8 Å². The van der Waals surface area contributed by atoms with Gasteiger partial charge in [-0.1, -0.05) is 6.42 Å². The molecule has 0 atom stereocenters. The molecule has 0 spiro atoms. The minimum Gasteiger partial charge on any atom is -0.508 e. The maximum atomic E-state index is 13.8. The van der Waals surface area contributed by atoms with Crippen LogP contribution in [-0.2, 0) is 4.79 Å². The minimum atomic E-state index is -0.421. The lowest BCUT2D eigenvalue weighted by Crippen LogP contribution is -2.33. The van der Waals surface area contributed by atoms with Crippen LogP contribution in [0.5, 0.6) is 23.0 Å². The maximum absolute atomic E-state index is 13.8. The molecular weight excluding hydrogens is 502 g/mol. The van der Waals surface area contributed by atoms with Crippen molar-refractivity contribution in [3.05, 3.63) is 71.8 Å². The summed E-state index contributed by atoms with van der Waals surface area (Å²) in [5, 5.41) is 21.1. The van der Waals surface area contributed by atoms with Crippen LogP contribution < -0.4 is 9.47 Å². The smallest absolute Gasteiger partial charge is 0.308 e. The van der Waals surface area contributed by atoms with Gasteiger partial charge in [0.1, 0.15) is 29.6 Å². The molecule has 2 heterocycles. The number of hydrogen-bond acceptors (Lipinski definition) is 8. The normalized spacial score (nSPS) is 13.9. The summed E-state index contributed by atoms with van der Waals surface area (Å²) >= 11 is 1.30. The number of phenols is 2. The lowest BCUT2D eigenvalue weighted by Gasteiger charge is -2.26. The van der Waals surface area contributed by atoms with Gasteiger partial charge in [0, 0.05) is 40.1 Å². The van der Waals surface area contributed by atoms with E-state index in [1.165, 1.54) is 49.7 Å². The van der Waals surface area contributed by atoms with Crippen LogP contribution in [-0.4, -0.2) is 53.1 Å². The molecule has 0 bridgehead atoms. The molecule has 1 aliphatic heterocycles. The van der Waals surface area contributed by atoms with Gasteiger partial charge < -0.3 is 19.7 Å². The summed E-state index contributed by atoms with van der Waals surface area (Å²) < 4.78 is 11.6. The van der Waals surface area contributed by atoms with Gasteiger partial charge in [0.25, 0.3) is 0 Å². The molecule has 0 radical (unpaired) electrons. The van der Waals surface area contributed by atoms with Gasteiger partial charge in [0.15, 0.2) is 5.78 Å². The molecule has 3 aromatic carbocycles. The molecule has 0 unspecified atom stereocenters. The second-order valence-corrected chi connectivity index (χ2v) is 10.4. The molecule has 0 saturated carbocycles. The number of thiophene rings is 1. The Bertz CT molecular complexity index is 1450. The summed E-state index contributed by atoms with van der Waals surface area (Å²) in [7, 11) is 0. The van der Waals surface area contributed by atoms with Crippen molar-refractivity contribution in [2.24, 2.45) is 0 Å². The fraction of sp³-hybridized carbons (Fsp3) is 0.267. The average molecular weight is 532 g/mol. The third kappa shape index (κ3) is 5.66. The zero-order valence-corrected chi connectivity index (χ0v) is 21.9. The molecule has 0 amide bonds. The van der Waals surface area contributed by atoms with Crippen molar-refractivity contribution in [2.75, 3.05) is 26.2 Å². The zero-order chi connectivity index (χ0) is 26.6. The predicted octanol–water partition coefficient (Wildman–Crippen LogP) is 6.00. The highest BCUT2D eigenvalue weighted by molar-refractivity contribution is 7.23. The number of likely N-dealkylation sites (tertiary alicyclic amines) is 1. The van der Waals surface area contributed by atoms with Crippen LogP contribution in [0.2, 0.25) is 0 Å². The summed E-state index contributed by atoms with van der Waals surface area (Å²) in [5.74, 6) is 0.165. The van der Waals surface area contributed by atoms with Gasteiger partial charge >= 0.3 is 5.97 Å². The van der Waals surface area contributed by atoms with Crippen molar-refractivity contribution in [3.8, 4) is 33.4 Å². The number of esters is 1. The molecule has 1 aliphatic rings. The maximum Gasteiger partial charge on any atom is 0.308 e. The van der Waals surface area contributed by atoms with Crippen molar-refractivity contribution in [2.45, 2.75) is 26.2 Å². The van der Waals surface area contributed by atoms with Gasteiger partial charge in [-0.25, -0.2) is 0 Å². The molecule has 2 N–H and O–H groups in total. The Morgan fingerprint density at radius 1 is 0.921 bits per heavy atom. The van der Waals surface area contributed by atoms with Crippen LogP contribution in [0, 0.1) is 0 Å². The molecule has 1 fully saturated rings. The molecule has 38 heavy (non-hydrogen) atoms. The highest BCUT2D eigenvalue weighted by Gasteiger charge is 2.24. The van der Waals surface area contributed by atoms with Crippen LogP contribution in [0.25, 0.3) is 20.5 Å². The van der Waals surface area contributed by atoms with Gasteiger partial charge in [-0.05, 0) is 86.1 Å². The quantitative estimate of drug-likeness (QED) is 0.164. The van der Waals surface area contributed by atoms with Crippen LogP contribution in [0.3, 0.4) is 0 Å². The van der Waals surface area contributed by atoms with Crippen LogP contribution >= 0.6 is 11.3 Å². The van der Waals surface area contributed by atoms with Crippen molar-refractivity contribution in [3.63, 3.8) is 0 Å². The SMILES string of the molecule is CC(=O)Oc1ccc(-c2sc3cc(O)cc(O)c3c2C(=O)c2ccc(OCCN3CCCCC3)cc2)cc1. The summed E-state index contributed by atoms with van der Waals surface area (Å²) in [6.45, 7) is 5.03. The number of phenolic OH excluding ortho intramolecular Hbond substituents is 2. The first-order chi connectivity index (χ1) is 18.4. The highest BCUT2D eigenvalue weighted by atomic mass is 32.1. The number of fused-ring (bicyclic) bond motifs is 1. The first kappa shape index (κ1) is 25.8. The Hall–Kier alpha value is -3.88. The number of benzene rings is 3. The fourth-order valence-corrected chi connectivity index (χ4v) is 6.03. The van der Waals surface area contributed by atoms with Crippen molar-refractivity contribution in [1.29, 1.82) is 0 Å². The lowest BCUT2D eigenvalue weighted by molar-refractivity contribution is -0.131. The lowest BCUT2D eigenvalue weighted by atomic mass is 9.97. The standard InChI is InChI=1S/C30H29NO6S/c1-19(32)37-24-11-7-21(8-12-24)30-28(27-25(34)17-22(33)18-26(27)38-30)29(35)20-5-9-23(10-6-20)36-16-15-31-13-3-2-4-14-31/h5-12,17-18,33-34H,2-4,13-16H2,1H3. The van der Waals surface area contributed by atoms with E-state index in [0.717, 1.165) is 25.2 Å². The molecule has 4 aromatic rings. The summed E-state index contributed by atoms with van der Waals surface area (Å²) in [4.78, 5) is 28.1. The number of ether oxygens (including phenoxy) is 2. The number of carbonyl (C=O) groups is 2. The monoisotopic (exact) mass is 531 g/mol. The zero-order valence-electron chi connectivity index (χ0n) is 21.1. The number of rotatable bonds is 8. The van der Waals surface area contributed by atoms with E-state index in [4.69, 9.17) is 9.47 Å². The third-order valence-electron chi connectivity index (χ3n) is 6.60. The van der Waals surface area contributed by atoms with Crippen LogP contribution in [0.4, 0.5) is 0 Å². The van der Waals surface area contributed by atoms with Crippen molar-refractivity contribution < 1.29 is 29.3 Å². The van der Waals surface area contributed by atoms with E-state index in [1.807, 2.05) is 0 Å². The molecule has 1 aromatic heterocycles. The molecular formula is C30H29NO6S. The Balaban J connectivity index is 1.42. The topological polar surface area (TPSA) is 96.3 Å². The molecule has 7 nitrogen and oxygen atoms in total. The summed E-state index contributed by atoms with van der Waals surface area (Å²) in [6.07, 6.45) is 3.77. The third-order valence-corrected chi connectivity index (χ3v) is 7.79. The minimum absolute atomic E-state index is 0.0851. The molecule has 1 saturated heterocycles. The van der Waals surface area contributed by atoms with E-state index in [0.29, 0.717) is 44.2 Å². The van der Waals surface area contributed by atoms with Gasteiger partial charge in [-0.3, -0.25) is 14.5 Å². The first-order valence-electron chi connectivity index (χ1n) is 12.7. The Morgan fingerprint density at radius 3 is 2.29 bits per heavy atom. The van der Waals surface area contributed by atoms with Gasteiger partial charge in [-0.2, -0.15) is 0 Å².